The summed E-state index contributed by atoms with van der Waals surface area (Å²) in [4.78, 5) is 0. The fourth-order valence-electron chi connectivity index (χ4n) is 2.93. The van der Waals surface area contributed by atoms with Gasteiger partial charge in [-0.25, -0.2) is 0 Å². The first-order valence-electron chi connectivity index (χ1n) is 8.73. The first-order chi connectivity index (χ1) is 11.6. The minimum atomic E-state index is -0.0834. The van der Waals surface area contributed by atoms with E-state index in [1.54, 1.807) is 0 Å². The number of nitrogens with zero attached hydrogens (tertiary/aromatic N) is 3. The van der Waals surface area contributed by atoms with Crippen LogP contribution in [0.1, 0.15) is 51.6 Å². The molecule has 0 aliphatic carbocycles. The van der Waals surface area contributed by atoms with Gasteiger partial charge in [0.15, 0.2) is 0 Å². The fraction of sp³-hybridized carbons (Fsp3) is 0.429. The van der Waals surface area contributed by atoms with E-state index < -0.39 is 0 Å². The molecule has 3 aromatic rings. The van der Waals surface area contributed by atoms with Crippen LogP contribution in [0.15, 0.2) is 47.2 Å². The second kappa shape index (κ2) is 6.17. The van der Waals surface area contributed by atoms with Crippen LogP contribution in [0.4, 0.5) is 0 Å². The van der Waals surface area contributed by atoms with Gasteiger partial charge in [-0.1, -0.05) is 43.3 Å². The molecule has 0 radical (unpaired) electrons. The van der Waals surface area contributed by atoms with Gasteiger partial charge in [0.1, 0.15) is 5.76 Å². The summed E-state index contributed by atoms with van der Waals surface area (Å²) >= 11 is 0. The van der Waals surface area contributed by atoms with Crippen molar-refractivity contribution >= 4 is 0 Å². The van der Waals surface area contributed by atoms with Crippen LogP contribution < -0.4 is 0 Å². The van der Waals surface area contributed by atoms with Gasteiger partial charge in [-0.05, 0) is 45.2 Å². The molecule has 0 spiro atoms. The lowest BCUT2D eigenvalue weighted by molar-refractivity contribution is 0.313. The molecule has 1 aromatic carbocycles. The zero-order valence-electron chi connectivity index (χ0n) is 16.0. The summed E-state index contributed by atoms with van der Waals surface area (Å²) in [6.07, 6.45) is 4.95. The molecule has 0 saturated carbocycles. The van der Waals surface area contributed by atoms with Gasteiger partial charge in [-0.15, -0.1) is 0 Å². The third kappa shape index (κ3) is 3.84. The number of aromatic nitrogens is 3. The van der Waals surface area contributed by atoms with Gasteiger partial charge >= 0.3 is 0 Å². The van der Waals surface area contributed by atoms with E-state index in [9.17, 15) is 0 Å². The van der Waals surface area contributed by atoms with E-state index in [4.69, 9.17) is 4.52 Å². The topological polar surface area (TPSA) is 43.9 Å². The molecule has 132 valence electrons. The molecule has 0 atom stereocenters. The van der Waals surface area contributed by atoms with Crippen LogP contribution in [-0.4, -0.2) is 14.9 Å². The van der Waals surface area contributed by atoms with E-state index in [-0.39, 0.29) is 11.0 Å². The number of aryl methyl sites for hydroxylation is 1. The highest BCUT2D eigenvalue weighted by molar-refractivity contribution is 5.62. The number of hydrogen-bond acceptors (Lipinski definition) is 3. The summed E-state index contributed by atoms with van der Waals surface area (Å²) in [7, 11) is 0. The van der Waals surface area contributed by atoms with Crippen molar-refractivity contribution in [2.24, 2.45) is 0 Å². The van der Waals surface area contributed by atoms with Crippen LogP contribution in [0.25, 0.3) is 11.1 Å². The Morgan fingerprint density at radius 2 is 1.68 bits per heavy atom. The normalized spacial score (nSPS) is 12.6. The maximum absolute atomic E-state index is 5.47. The molecule has 0 bridgehead atoms. The van der Waals surface area contributed by atoms with Crippen molar-refractivity contribution in [2.45, 2.75) is 58.9 Å². The highest BCUT2D eigenvalue weighted by Gasteiger charge is 2.25. The molecule has 25 heavy (non-hydrogen) atoms. The van der Waals surface area contributed by atoms with E-state index >= 15 is 0 Å². The Balaban J connectivity index is 1.77. The molecule has 0 unspecified atom stereocenters. The smallest absolute Gasteiger partial charge is 0.142 e. The fourth-order valence-corrected chi connectivity index (χ4v) is 2.93. The van der Waals surface area contributed by atoms with Gasteiger partial charge in [0.05, 0.1) is 17.4 Å². The molecule has 4 heteroatoms. The SMILES string of the molecule is Cc1cc(C(C)(C)Cc2ccc(-c3cnn(C(C)(C)C)c3)cc2)on1. The summed E-state index contributed by atoms with van der Waals surface area (Å²) in [5, 5.41) is 8.50. The zero-order valence-corrected chi connectivity index (χ0v) is 16.0. The third-order valence-corrected chi connectivity index (χ3v) is 4.50. The summed E-state index contributed by atoms with van der Waals surface area (Å²) in [5.41, 5.74) is 4.46. The van der Waals surface area contributed by atoms with Gasteiger partial charge in [-0.3, -0.25) is 4.68 Å². The van der Waals surface area contributed by atoms with Crippen molar-refractivity contribution < 1.29 is 4.52 Å². The molecule has 0 aliphatic rings. The van der Waals surface area contributed by atoms with Gasteiger partial charge in [-0.2, -0.15) is 5.10 Å². The summed E-state index contributed by atoms with van der Waals surface area (Å²) < 4.78 is 7.47. The van der Waals surface area contributed by atoms with E-state index in [1.807, 2.05) is 23.9 Å². The van der Waals surface area contributed by atoms with Crippen LogP contribution in [-0.2, 0) is 17.4 Å². The van der Waals surface area contributed by atoms with E-state index in [0.717, 1.165) is 23.4 Å². The molecular formula is C21H27N3O. The Hall–Kier alpha value is -2.36. The molecule has 0 saturated heterocycles. The minimum absolute atomic E-state index is 0.00256. The van der Waals surface area contributed by atoms with Crippen LogP contribution >= 0.6 is 0 Å². The van der Waals surface area contributed by atoms with Crippen molar-refractivity contribution in [2.75, 3.05) is 0 Å². The first kappa shape index (κ1) is 17.5. The highest BCUT2D eigenvalue weighted by atomic mass is 16.5. The highest BCUT2D eigenvalue weighted by Crippen LogP contribution is 2.29. The van der Waals surface area contributed by atoms with E-state index in [0.29, 0.717) is 0 Å². The molecule has 0 fully saturated rings. The number of hydrogen-bond donors (Lipinski definition) is 0. The predicted molar refractivity (Wildman–Crippen MR) is 101 cm³/mol. The summed E-state index contributed by atoms with van der Waals surface area (Å²) in [5.74, 6) is 0.931. The van der Waals surface area contributed by atoms with E-state index in [1.165, 1.54) is 11.1 Å². The van der Waals surface area contributed by atoms with Crippen molar-refractivity contribution in [3.05, 3.63) is 59.7 Å². The molecule has 0 aliphatic heterocycles. The molecule has 4 nitrogen and oxygen atoms in total. The molecule has 2 aromatic heterocycles. The summed E-state index contributed by atoms with van der Waals surface area (Å²) in [6.45, 7) is 12.8. The van der Waals surface area contributed by atoms with Crippen LogP contribution in [0, 0.1) is 6.92 Å². The Morgan fingerprint density at radius 1 is 1.00 bits per heavy atom. The maximum atomic E-state index is 5.47. The second-order valence-corrected chi connectivity index (χ2v) is 8.43. The first-order valence-corrected chi connectivity index (χ1v) is 8.73. The number of benzene rings is 1. The maximum Gasteiger partial charge on any atom is 0.142 e. The Bertz CT molecular complexity index is 848. The Morgan fingerprint density at radius 3 is 2.20 bits per heavy atom. The van der Waals surface area contributed by atoms with Crippen molar-refractivity contribution in [3.63, 3.8) is 0 Å². The van der Waals surface area contributed by atoms with Crippen molar-refractivity contribution in [1.29, 1.82) is 0 Å². The van der Waals surface area contributed by atoms with Crippen LogP contribution in [0.5, 0.6) is 0 Å². The Kier molecular flexibility index (Phi) is 4.31. The summed E-state index contributed by atoms with van der Waals surface area (Å²) in [6, 6.07) is 10.7. The van der Waals surface area contributed by atoms with Gasteiger partial charge < -0.3 is 4.52 Å². The molecule has 0 N–H and O–H groups in total. The minimum Gasteiger partial charge on any atom is -0.361 e. The lowest BCUT2D eigenvalue weighted by Crippen LogP contribution is -2.21. The second-order valence-electron chi connectivity index (χ2n) is 8.43. The van der Waals surface area contributed by atoms with E-state index in [2.05, 4.69) is 75.3 Å². The number of rotatable bonds is 4. The lowest BCUT2D eigenvalue weighted by Gasteiger charge is -2.21. The standard InChI is InChI=1S/C21H27N3O/c1-15-11-19(25-23-15)21(5,6)12-16-7-9-17(10-8-16)18-13-22-24(14-18)20(2,3)4/h7-11,13-14H,12H2,1-6H3. The van der Waals surface area contributed by atoms with Crippen molar-refractivity contribution in [1.82, 2.24) is 14.9 Å². The molecule has 3 rings (SSSR count). The third-order valence-electron chi connectivity index (χ3n) is 4.50. The van der Waals surface area contributed by atoms with Gasteiger partial charge in [0.25, 0.3) is 0 Å². The molecule has 2 heterocycles. The van der Waals surface area contributed by atoms with Gasteiger partial charge in [0.2, 0.25) is 0 Å². The van der Waals surface area contributed by atoms with Crippen LogP contribution in [0.2, 0.25) is 0 Å². The monoisotopic (exact) mass is 337 g/mol. The Labute approximate surface area is 149 Å². The quantitative estimate of drug-likeness (QED) is 0.663. The zero-order chi connectivity index (χ0) is 18.2. The largest absolute Gasteiger partial charge is 0.361 e. The van der Waals surface area contributed by atoms with Crippen molar-refractivity contribution in [3.8, 4) is 11.1 Å². The average Bonchev–Trinajstić information content (AvgIpc) is 3.16. The van der Waals surface area contributed by atoms with Crippen LogP contribution in [0.3, 0.4) is 0 Å². The lowest BCUT2D eigenvalue weighted by atomic mass is 9.83. The molecular weight excluding hydrogens is 310 g/mol. The van der Waals surface area contributed by atoms with Gasteiger partial charge in [0, 0.05) is 23.2 Å². The average molecular weight is 337 g/mol. The predicted octanol–water partition coefficient (Wildman–Crippen LogP) is 5.12. The molecule has 0 amide bonds.